The third-order valence-electron chi connectivity index (χ3n) is 2.19. The summed E-state index contributed by atoms with van der Waals surface area (Å²) in [5, 5.41) is 31.0. The van der Waals surface area contributed by atoms with E-state index < -0.39 is 22.1 Å². The predicted molar refractivity (Wildman–Crippen MR) is 60.9 cm³/mol. The molecule has 0 amide bonds. The number of hydrogen-bond donors (Lipinski definition) is 2. The molecular weight excluding hydrogens is 240 g/mol. The number of anilines is 1. The summed E-state index contributed by atoms with van der Waals surface area (Å²) in [6.07, 6.45) is 1.20. The summed E-state index contributed by atoms with van der Waals surface area (Å²) < 4.78 is 0. The molecule has 1 heterocycles. The number of aliphatic carboxylic acids is 1. The maximum absolute atomic E-state index is 10.9. The van der Waals surface area contributed by atoms with Crippen LogP contribution in [0.3, 0.4) is 0 Å². The lowest BCUT2D eigenvalue weighted by molar-refractivity contribution is -0.384. The summed E-state index contributed by atoms with van der Waals surface area (Å²) in [7, 11) is 0. The number of aromatic nitrogens is 1. The molecular formula is C10H10N4O4. The second kappa shape index (κ2) is 4.67. The molecule has 94 valence electrons. The zero-order valence-electron chi connectivity index (χ0n) is 9.67. The molecule has 1 aromatic heterocycles. The first kappa shape index (κ1) is 13.4. The molecule has 1 rings (SSSR count). The van der Waals surface area contributed by atoms with Crippen molar-refractivity contribution in [3.63, 3.8) is 0 Å². The molecule has 0 saturated carbocycles. The molecule has 0 aliphatic heterocycles. The van der Waals surface area contributed by atoms with Gasteiger partial charge in [0.1, 0.15) is 17.2 Å². The smallest absolute Gasteiger partial charge is 0.329 e. The predicted octanol–water partition coefficient (Wildman–Crippen LogP) is 1.14. The first-order valence-corrected chi connectivity index (χ1v) is 4.84. The van der Waals surface area contributed by atoms with E-state index in [2.05, 4.69) is 10.3 Å². The molecule has 0 radical (unpaired) electrons. The summed E-state index contributed by atoms with van der Waals surface area (Å²) in [5.74, 6) is -1.44. The topological polar surface area (TPSA) is 129 Å². The third-order valence-corrected chi connectivity index (χ3v) is 2.19. The SMILES string of the molecule is CC(C)(Nc1nccc(C#N)c1[N+](=O)[O-])C(=O)O. The summed E-state index contributed by atoms with van der Waals surface area (Å²) in [6.45, 7) is 2.67. The standard InChI is InChI=1S/C10H10N4O4/c1-10(2,9(15)16)13-8-7(14(17)18)6(5-11)3-4-12-8/h3-4H,1-2H3,(H,12,13)(H,15,16). The number of nitriles is 1. The van der Waals surface area contributed by atoms with Crippen LogP contribution in [0.5, 0.6) is 0 Å². The monoisotopic (exact) mass is 250 g/mol. The minimum atomic E-state index is -1.44. The minimum absolute atomic E-state index is 0.182. The number of nitrogens with one attached hydrogen (secondary N) is 1. The number of carbonyl (C=O) groups is 1. The van der Waals surface area contributed by atoms with Crippen molar-refractivity contribution in [2.24, 2.45) is 0 Å². The van der Waals surface area contributed by atoms with Crippen LogP contribution in [0.25, 0.3) is 0 Å². The summed E-state index contributed by atoms with van der Waals surface area (Å²) in [4.78, 5) is 24.8. The van der Waals surface area contributed by atoms with Crippen LogP contribution in [0.15, 0.2) is 12.3 Å². The molecule has 0 fully saturated rings. The molecule has 0 unspecified atom stereocenters. The Kier molecular flexibility index (Phi) is 3.47. The van der Waals surface area contributed by atoms with Gasteiger partial charge in [-0.25, -0.2) is 9.78 Å². The van der Waals surface area contributed by atoms with Crippen molar-refractivity contribution >= 4 is 17.5 Å². The van der Waals surface area contributed by atoms with E-state index in [-0.39, 0.29) is 11.4 Å². The molecule has 8 heteroatoms. The van der Waals surface area contributed by atoms with E-state index in [1.165, 1.54) is 26.1 Å². The van der Waals surface area contributed by atoms with Gasteiger partial charge >= 0.3 is 11.7 Å². The average Bonchev–Trinajstić information content (AvgIpc) is 2.27. The normalized spacial score (nSPS) is 10.5. The number of nitro groups is 1. The molecule has 0 aliphatic rings. The third kappa shape index (κ3) is 2.52. The van der Waals surface area contributed by atoms with E-state index in [0.717, 1.165) is 0 Å². The Morgan fingerprint density at radius 2 is 2.28 bits per heavy atom. The molecule has 1 aromatic rings. The number of nitrogens with zero attached hydrogens (tertiary/aromatic N) is 3. The van der Waals surface area contributed by atoms with E-state index in [0.29, 0.717) is 0 Å². The number of carboxylic acids is 1. The quantitative estimate of drug-likeness (QED) is 0.605. The van der Waals surface area contributed by atoms with Crippen LogP contribution < -0.4 is 5.32 Å². The first-order valence-electron chi connectivity index (χ1n) is 4.84. The van der Waals surface area contributed by atoms with Crippen LogP contribution in [0.4, 0.5) is 11.5 Å². The van der Waals surface area contributed by atoms with E-state index in [4.69, 9.17) is 10.4 Å². The van der Waals surface area contributed by atoms with Crippen molar-refractivity contribution in [1.82, 2.24) is 4.98 Å². The number of hydrogen-bond acceptors (Lipinski definition) is 6. The van der Waals surface area contributed by atoms with Gasteiger partial charge in [-0.3, -0.25) is 10.1 Å². The molecule has 0 atom stereocenters. The van der Waals surface area contributed by atoms with Crippen molar-refractivity contribution in [1.29, 1.82) is 5.26 Å². The highest BCUT2D eigenvalue weighted by Crippen LogP contribution is 2.28. The van der Waals surface area contributed by atoms with Gasteiger partial charge < -0.3 is 10.4 Å². The molecule has 0 bridgehead atoms. The van der Waals surface area contributed by atoms with Crippen molar-refractivity contribution in [2.45, 2.75) is 19.4 Å². The first-order chi connectivity index (χ1) is 8.29. The van der Waals surface area contributed by atoms with Gasteiger partial charge in [0.2, 0.25) is 5.82 Å². The second-order valence-corrected chi connectivity index (χ2v) is 3.98. The number of carboxylic acid groups (broad SMARTS) is 1. The van der Waals surface area contributed by atoms with Crippen LogP contribution in [-0.2, 0) is 4.79 Å². The lowest BCUT2D eigenvalue weighted by Crippen LogP contribution is -2.40. The highest BCUT2D eigenvalue weighted by atomic mass is 16.6. The van der Waals surface area contributed by atoms with Crippen LogP contribution >= 0.6 is 0 Å². The lowest BCUT2D eigenvalue weighted by Gasteiger charge is -2.21. The van der Waals surface area contributed by atoms with Gasteiger partial charge in [-0.2, -0.15) is 5.26 Å². The van der Waals surface area contributed by atoms with Gasteiger partial charge in [-0.15, -0.1) is 0 Å². The van der Waals surface area contributed by atoms with Gasteiger partial charge in [-0.1, -0.05) is 0 Å². The van der Waals surface area contributed by atoms with E-state index in [1.807, 2.05) is 0 Å². The van der Waals surface area contributed by atoms with E-state index in [9.17, 15) is 14.9 Å². The number of pyridine rings is 1. The minimum Gasteiger partial charge on any atom is -0.480 e. The highest BCUT2D eigenvalue weighted by Gasteiger charge is 2.31. The Balaban J connectivity index is 3.31. The number of rotatable bonds is 4. The molecule has 0 saturated heterocycles. The maximum atomic E-state index is 10.9. The average molecular weight is 250 g/mol. The summed E-state index contributed by atoms with van der Waals surface area (Å²) >= 11 is 0. The Morgan fingerprint density at radius 1 is 1.67 bits per heavy atom. The Morgan fingerprint density at radius 3 is 2.72 bits per heavy atom. The molecule has 8 nitrogen and oxygen atoms in total. The van der Waals surface area contributed by atoms with E-state index >= 15 is 0 Å². The van der Waals surface area contributed by atoms with Crippen LogP contribution in [0, 0.1) is 21.4 Å². The fourth-order valence-corrected chi connectivity index (χ4v) is 1.17. The molecule has 18 heavy (non-hydrogen) atoms. The molecule has 0 aromatic carbocycles. The maximum Gasteiger partial charge on any atom is 0.329 e. The fraction of sp³-hybridized carbons (Fsp3) is 0.300. The van der Waals surface area contributed by atoms with Crippen molar-refractivity contribution in [3.8, 4) is 6.07 Å². The van der Waals surface area contributed by atoms with Gasteiger partial charge in [-0.05, 0) is 19.9 Å². The van der Waals surface area contributed by atoms with Crippen LogP contribution in [0.2, 0.25) is 0 Å². The summed E-state index contributed by atoms with van der Waals surface area (Å²) in [6, 6.07) is 2.85. The van der Waals surface area contributed by atoms with Gasteiger partial charge in [0.05, 0.1) is 4.92 Å². The lowest BCUT2D eigenvalue weighted by atomic mass is 10.1. The van der Waals surface area contributed by atoms with Gasteiger partial charge in [0, 0.05) is 6.20 Å². The Labute approximate surface area is 102 Å². The van der Waals surface area contributed by atoms with Gasteiger partial charge in [0.25, 0.3) is 0 Å². The van der Waals surface area contributed by atoms with Crippen molar-refractivity contribution < 1.29 is 14.8 Å². The van der Waals surface area contributed by atoms with Crippen LogP contribution in [0.1, 0.15) is 19.4 Å². The fourth-order valence-electron chi connectivity index (χ4n) is 1.17. The van der Waals surface area contributed by atoms with Crippen molar-refractivity contribution in [2.75, 3.05) is 5.32 Å². The largest absolute Gasteiger partial charge is 0.480 e. The molecule has 2 N–H and O–H groups in total. The Hall–Kier alpha value is -2.69. The summed E-state index contributed by atoms with van der Waals surface area (Å²) in [5.41, 5.74) is -2.15. The van der Waals surface area contributed by atoms with Crippen molar-refractivity contribution in [3.05, 3.63) is 27.9 Å². The van der Waals surface area contributed by atoms with Gasteiger partial charge in [0.15, 0.2) is 0 Å². The zero-order valence-corrected chi connectivity index (χ0v) is 9.67. The van der Waals surface area contributed by atoms with E-state index in [1.54, 1.807) is 6.07 Å². The van der Waals surface area contributed by atoms with Crippen LogP contribution in [-0.4, -0.2) is 26.5 Å². The zero-order chi connectivity index (χ0) is 13.9. The molecule has 0 aliphatic carbocycles. The second-order valence-electron chi connectivity index (χ2n) is 3.98. The Bertz CT molecular complexity index is 547. The highest BCUT2D eigenvalue weighted by molar-refractivity contribution is 5.82. The molecule has 0 spiro atoms.